The maximum atomic E-state index is 3.57. The van der Waals surface area contributed by atoms with Gasteiger partial charge in [0.05, 0.1) is 0 Å². The molecule has 0 aromatic heterocycles. The molecule has 1 saturated carbocycles. The van der Waals surface area contributed by atoms with Crippen LogP contribution in [0.1, 0.15) is 33.6 Å². The Labute approximate surface area is 107 Å². The molecular weight excluding hydrogens is 210 g/mol. The standard InChI is InChI=1S/C14H29N3/c1-4-15-14(2,3)12-17-9-7-16(8-10-17)11-13-5-6-13/h13,15H,4-12H2,1-3H3. The molecule has 3 heteroatoms. The van der Waals surface area contributed by atoms with Gasteiger partial charge in [0.1, 0.15) is 0 Å². The van der Waals surface area contributed by atoms with Crippen LogP contribution in [0.2, 0.25) is 0 Å². The number of hydrogen-bond acceptors (Lipinski definition) is 3. The van der Waals surface area contributed by atoms with Crippen molar-refractivity contribution in [1.29, 1.82) is 0 Å². The average molecular weight is 239 g/mol. The maximum absolute atomic E-state index is 3.57. The molecule has 100 valence electrons. The zero-order valence-corrected chi connectivity index (χ0v) is 11.8. The number of hydrogen-bond donors (Lipinski definition) is 1. The summed E-state index contributed by atoms with van der Waals surface area (Å²) in [5.41, 5.74) is 0.257. The molecule has 2 fully saturated rings. The molecule has 2 aliphatic rings. The van der Waals surface area contributed by atoms with E-state index >= 15 is 0 Å². The van der Waals surface area contributed by atoms with Crippen molar-refractivity contribution < 1.29 is 0 Å². The first-order chi connectivity index (χ1) is 8.09. The van der Waals surface area contributed by atoms with Gasteiger partial charge in [-0.1, -0.05) is 6.92 Å². The minimum absolute atomic E-state index is 0.257. The zero-order chi connectivity index (χ0) is 12.3. The summed E-state index contributed by atoms with van der Waals surface area (Å²) in [7, 11) is 0. The van der Waals surface area contributed by atoms with Gasteiger partial charge in [-0.15, -0.1) is 0 Å². The molecule has 1 saturated heterocycles. The third-order valence-corrected chi connectivity index (χ3v) is 3.95. The summed E-state index contributed by atoms with van der Waals surface area (Å²) in [4.78, 5) is 5.28. The lowest BCUT2D eigenvalue weighted by Crippen LogP contribution is -2.54. The SMILES string of the molecule is CCNC(C)(C)CN1CCN(CC2CC2)CC1. The first kappa shape index (κ1) is 13.3. The van der Waals surface area contributed by atoms with E-state index in [0.717, 1.165) is 12.5 Å². The lowest BCUT2D eigenvalue weighted by Gasteiger charge is -2.39. The van der Waals surface area contributed by atoms with Gasteiger partial charge in [-0.05, 0) is 39.2 Å². The molecule has 2 rings (SSSR count). The summed E-state index contributed by atoms with van der Waals surface area (Å²) in [6.07, 6.45) is 2.96. The molecule has 0 aromatic rings. The zero-order valence-electron chi connectivity index (χ0n) is 11.8. The van der Waals surface area contributed by atoms with Gasteiger partial charge in [0.2, 0.25) is 0 Å². The van der Waals surface area contributed by atoms with Crippen molar-refractivity contribution >= 4 is 0 Å². The summed E-state index contributed by atoms with van der Waals surface area (Å²) in [6.45, 7) is 15.5. The van der Waals surface area contributed by atoms with Gasteiger partial charge >= 0.3 is 0 Å². The van der Waals surface area contributed by atoms with Gasteiger partial charge in [-0.2, -0.15) is 0 Å². The second-order valence-corrected chi connectivity index (χ2v) is 6.43. The molecular formula is C14H29N3. The minimum atomic E-state index is 0.257. The molecule has 1 heterocycles. The molecule has 0 bridgehead atoms. The molecule has 1 N–H and O–H groups in total. The Morgan fingerprint density at radius 3 is 2.18 bits per heavy atom. The van der Waals surface area contributed by atoms with Crippen LogP contribution in [0.25, 0.3) is 0 Å². The van der Waals surface area contributed by atoms with Crippen LogP contribution in [-0.4, -0.2) is 61.2 Å². The molecule has 0 radical (unpaired) electrons. The van der Waals surface area contributed by atoms with E-state index in [1.165, 1.54) is 52.1 Å². The van der Waals surface area contributed by atoms with E-state index in [0.29, 0.717) is 0 Å². The predicted octanol–water partition coefficient (Wildman–Crippen LogP) is 1.40. The number of piperazine rings is 1. The van der Waals surface area contributed by atoms with Crippen molar-refractivity contribution in [3.05, 3.63) is 0 Å². The van der Waals surface area contributed by atoms with Gasteiger partial charge < -0.3 is 10.2 Å². The lowest BCUT2D eigenvalue weighted by molar-refractivity contribution is 0.106. The molecule has 3 nitrogen and oxygen atoms in total. The summed E-state index contributed by atoms with van der Waals surface area (Å²) < 4.78 is 0. The highest BCUT2D eigenvalue weighted by molar-refractivity contribution is 4.85. The largest absolute Gasteiger partial charge is 0.311 e. The molecule has 0 aromatic carbocycles. The summed E-state index contributed by atoms with van der Waals surface area (Å²) in [5.74, 6) is 1.04. The summed E-state index contributed by atoms with van der Waals surface area (Å²) >= 11 is 0. The van der Waals surface area contributed by atoms with E-state index in [1.807, 2.05) is 0 Å². The lowest BCUT2D eigenvalue weighted by atomic mass is 10.0. The van der Waals surface area contributed by atoms with Crippen LogP contribution in [0.3, 0.4) is 0 Å². The first-order valence-electron chi connectivity index (χ1n) is 7.29. The second kappa shape index (κ2) is 5.68. The van der Waals surface area contributed by atoms with Crippen molar-refractivity contribution in [2.75, 3.05) is 45.8 Å². The van der Waals surface area contributed by atoms with Crippen LogP contribution in [-0.2, 0) is 0 Å². The van der Waals surface area contributed by atoms with Crippen LogP contribution in [0.4, 0.5) is 0 Å². The molecule has 0 unspecified atom stereocenters. The Bertz CT molecular complexity index is 228. The van der Waals surface area contributed by atoms with Gasteiger partial charge in [0.15, 0.2) is 0 Å². The Kier molecular flexibility index (Phi) is 4.45. The van der Waals surface area contributed by atoms with Gasteiger partial charge in [-0.25, -0.2) is 0 Å². The van der Waals surface area contributed by atoms with E-state index < -0.39 is 0 Å². The minimum Gasteiger partial charge on any atom is -0.311 e. The maximum Gasteiger partial charge on any atom is 0.0252 e. The number of rotatable bonds is 6. The Hall–Kier alpha value is -0.120. The average Bonchev–Trinajstić information content (AvgIpc) is 3.04. The smallest absolute Gasteiger partial charge is 0.0252 e. The fraction of sp³-hybridized carbons (Fsp3) is 1.00. The molecule has 0 amide bonds. The number of likely N-dealkylation sites (N-methyl/N-ethyl adjacent to an activating group) is 1. The second-order valence-electron chi connectivity index (χ2n) is 6.43. The molecule has 17 heavy (non-hydrogen) atoms. The Morgan fingerprint density at radius 2 is 1.65 bits per heavy atom. The molecule has 1 aliphatic heterocycles. The Morgan fingerprint density at radius 1 is 1.06 bits per heavy atom. The van der Waals surface area contributed by atoms with Gasteiger partial charge in [0.25, 0.3) is 0 Å². The molecule has 0 spiro atoms. The number of nitrogens with one attached hydrogen (secondary N) is 1. The van der Waals surface area contributed by atoms with Crippen molar-refractivity contribution in [2.45, 2.75) is 39.2 Å². The van der Waals surface area contributed by atoms with E-state index in [4.69, 9.17) is 0 Å². The van der Waals surface area contributed by atoms with Crippen LogP contribution in [0, 0.1) is 5.92 Å². The first-order valence-corrected chi connectivity index (χ1v) is 7.29. The fourth-order valence-corrected chi connectivity index (χ4v) is 2.89. The molecule has 1 aliphatic carbocycles. The van der Waals surface area contributed by atoms with Crippen LogP contribution >= 0.6 is 0 Å². The topological polar surface area (TPSA) is 18.5 Å². The highest BCUT2D eigenvalue weighted by atomic mass is 15.3. The van der Waals surface area contributed by atoms with Crippen molar-refractivity contribution in [3.63, 3.8) is 0 Å². The van der Waals surface area contributed by atoms with Crippen molar-refractivity contribution in [2.24, 2.45) is 5.92 Å². The monoisotopic (exact) mass is 239 g/mol. The summed E-state index contributed by atoms with van der Waals surface area (Å²) in [6, 6.07) is 0. The highest BCUT2D eigenvalue weighted by Crippen LogP contribution is 2.29. The van der Waals surface area contributed by atoms with E-state index in [9.17, 15) is 0 Å². The van der Waals surface area contributed by atoms with Crippen molar-refractivity contribution in [3.8, 4) is 0 Å². The molecule has 0 atom stereocenters. The highest BCUT2D eigenvalue weighted by Gasteiger charge is 2.28. The normalized spacial score (nSPS) is 24.2. The van der Waals surface area contributed by atoms with Crippen LogP contribution in [0.5, 0.6) is 0 Å². The number of nitrogens with zero attached hydrogens (tertiary/aromatic N) is 2. The Balaban J connectivity index is 1.67. The quantitative estimate of drug-likeness (QED) is 0.756. The summed E-state index contributed by atoms with van der Waals surface area (Å²) in [5, 5.41) is 3.57. The van der Waals surface area contributed by atoms with E-state index in [1.54, 1.807) is 0 Å². The van der Waals surface area contributed by atoms with E-state index in [-0.39, 0.29) is 5.54 Å². The van der Waals surface area contributed by atoms with Crippen molar-refractivity contribution in [1.82, 2.24) is 15.1 Å². The fourth-order valence-electron chi connectivity index (χ4n) is 2.89. The predicted molar refractivity (Wildman–Crippen MR) is 73.4 cm³/mol. The van der Waals surface area contributed by atoms with E-state index in [2.05, 4.69) is 35.9 Å². The third kappa shape index (κ3) is 4.57. The van der Waals surface area contributed by atoms with Gasteiger partial charge in [0, 0.05) is 44.8 Å². The van der Waals surface area contributed by atoms with Crippen LogP contribution < -0.4 is 5.32 Å². The third-order valence-electron chi connectivity index (χ3n) is 3.95. The van der Waals surface area contributed by atoms with Crippen LogP contribution in [0.15, 0.2) is 0 Å². The van der Waals surface area contributed by atoms with Gasteiger partial charge in [-0.3, -0.25) is 4.90 Å².